The summed E-state index contributed by atoms with van der Waals surface area (Å²) in [6, 6.07) is 10.1. The van der Waals surface area contributed by atoms with Crippen LogP contribution < -0.4 is 9.64 Å². The lowest BCUT2D eigenvalue weighted by Crippen LogP contribution is -2.49. The molecule has 5 rings (SSSR count). The number of nitrogens with zero attached hydrogens (tertiary/aromatic N) is 3. The summed E-state index contributed by atoms with van der Waals surface area (Å²) in [4.78, 5) is 44.6. The molecule has 2 aromatic rings. The van der Waals surface area contributed by atoms with Gasteiger partial charge in [-0.1, -0.05) is 25.5 Å². The number of aryl methyl sites for hydroxylation is 1. The molecule has 0 saturated carbocycles. The summed E-state index contributed by atoms with van der Waals surface area (Å²) in [7, 11) is 0. The van der Waals surface area contributed by atoms with Gasteiger partial charge in [-0.2, -0.15) is 0 Å². The summed E-state index contributed by atoms with van der Waals surface area (Å²) >= 11 is 0. The number of aliphatic carboxylic acids is 1. The van der Waals surface area contributed by atoms with Crippen molar-refractivity contribution < 1.29 is 28.6 Å². The highest BCUT2D eigenvalue weighted by Gasteiger charge is 2.48. The van der Waals surface area contributed by atoms with Crippen molar-refractivity contribution in [1.29, 1.82) is 0 Å². The second-order valence-electron chi connectivity index (χ2n) is 11.2. The lowest BCUT2D eigenvalue weighted by molar-refractivity contribution is -0.144. The van der Waals surface area contributed by atoms with Gasteiger partial charge in [0.05, 0.1) is 19.1 Å². The maximum Gasteiger partial charge on any atom is 0.308 e. The molecule has 2 fully saturated rings. The van der Waals surface area contributed by atoms with E-state index >= 15 is 0 Å². The van der Waals surface area contributed by atoms with Gasteiger partial charge < -0.3 is 19.6 Å². The van der Waals surface area contributed by atoms with Crippen molar-refractivity contribution >= 4 is 23.5 Å². The number of amides is 2. The van der Waals surface area contributed by atoms with Crippen molar-refractivity contribution in [3.05, 3.63) is 58.9 Å². The van der Waals surface area contributed by atoms with Crippen molar-refractivity contribution in [2.75, 3.05) is 44.2 Å². The van der Waals surface area contributed by atoms with Gasteiger partial charge in [0.2, 0.25) is 11.8 Å². The highest BCUT2D eigenvalue weighted by Crippen LogP contribution is 2.40. The zero-order valence-corrected chi connectivity index (χ0v) is 23.3. The molecule has 214 valence electrons. The summed E-state index contributed by atoms with van der Waals surface area (Å²) < 4.78 is 19.7. The number of likely N-dealkylation sites (tertiary alicyclic amines) is 2. The maximum atomic E-state index is 14.0. The monoisotopic (exact) mass is 551 g/mol. The van der Waals surface area contributed by atoms with Crippen molar-refractivity contribution in [3.8, 4) is 5.75 Å². The number of carbonyl (C=O) groups excluding carboxylic acids is 2. The van der Waals surface area contributed by atoms with E-state index in [0.29, 0.717) is 43.9 Å². The Labute approximate surface area is 234 Å². The van der Waals surface area contributed by atoms with Gasteiger partial charge in [0.1, 0.15) is 11.6 Å². The Balaban J connectivity index is 1.45. The number of fused-ring (bicyclic) bond motifs is 1. The normalized spacial score (nSPS) is 22.4. The topological polar surface area (TPSA) is 90.4 Å². The molecule has 8 nitrogen and oxygen atoms in total. The average molecular weight is 552 g/mol. The fourth-order valence-electron chi connectivity index (χ4n) is 6.39. The molecule has 9 heteroatoms. The second-order valence-corrected chi connectivity index (χ2v) is 11.2. The van der Waals surface area contributed by atoms with Crippen LogP contribution in [0.5, 0.6) is 5.75 Å². The number of rotatable bonds is 10. The summed E-state index contributed by atoms with van der Waals surface area (Å²) in [6.45, 7) is 6.10. The Morgan fingerprint density at radius 3 is 2.70 bits per heavy atom. The van der Waals surface area contributed by atoms with Crippen LogP contribution in [0.4, 0.5) is 10.1 Å². The van der Waals surface area contributed by atoms with Gasteiger partial charge in [-0.25, -0.2) is 4.39 Å². The minimum absolute atomic E-state index is 0.0150. The average Bonchev–Trinajstić information content (AvgIpc) is 3.65. The molecule has 0 bridgehead atoms. The third-order valence-corrected chi connectivity index (χ3v) is 8.58. The van der Waals surface area contributed by atoms with Gasteiger partial charge >= 0.3 is 5.97 Å². The Hall–Kier alpha value is -3.46. The van der Waals surface area contributed by atoms with E-state index in [2.05, 4.69) is 0 Å². The number of carboxylic acids is 1. The number of carbonyl (C=O) groups is 3. The molecule has 3 heterocycles. The molecule has 0 radical (unpaired) electrons. The third-order valence-electron chi connectivity index (χ3n) is 8.58. The number of benzene rings is 2. The van der Waals surface area contributed by atoms with Gasteiger partial charge in [-0.15, -0.1) is 0 Å². The molecule has 2 aromatic carbocycles. The number of hydrogen-bond acceptors (Lipinski definition) is 5. The quantitative estimate of drug-likeness (QED) is 0.480. The summed E-state index contributed by atoms with van der Waals surface area (Å²) in [6.07, 6.45) is 3.67. The first-order valence-electron chi connectivity index (χ1n) is 14.3. The molecule has 3 atom stereocenters. The van der Waals surface area contributed by atoms with Crippen LogP contribution >= 0.6 is 0 Å². The molecule has 40 heavy (non-hydrogen) atoms. The van der Waals surface area contributed by atoms with Crippen molar-refractivity contribution in [2.24, 2.45) is 5.92 Å². The SMILES string of the molecule is CCCCN(C(=O)CN1C[C@H](c2ccc3c(c2)CCO3)C(C(=O)O)[C@@H]1CN1CCCC1=O)c1ccc(F)c(C)c1. The first-order valence-corrected chi connectivity index (χ1v) is 14.3. The van der Waals surface area contributed by atoms with Gasteiger partial charge in [0, 0.05) is 56.7 Å². The van der Waals surface area contributed by atoms with Gasteiger partial charge in [0.15, 0.2) is 0 Å². The number of hydrogen-bond donors (Lipinski definition) is 1. The standard InChI is InChI=1S/C31H38FN3O5/c1-3-4-13-35(23-8-9-25(32)20(2)15-23)29(37)19-34-17-24(21-7-10-27-22(16-21)11-14-40-27)30(31(38)39)26(34)18-33-12-5-6-28(33)36/h7-10,15-16,24,26,30H,3-6,11-14,17-19H2,1-2H3,(H,38,39)/t24-,26+,30?/m1/s1. The molecule has 0 aromatic heterocycles. The van der Waals surface area contributed by atoms with E-state index in [-0.39, 0.29) is 36.6 Å². The minimum Gasteiger partial charge on any atom is -0.493 e. The van der Waals surface area contributed by atoms with Gasteiger partial charge in [-0.05, 0) is 60.7 Å². The minimum atomic E-state index is -0.926. The second kappa shape index (κ2) is 12.0. The number of unbranched alkanes of at least 4 members (excludes halogenated alkanes) is 1. The van der Waals surface area contributed by atoms with Gasteiger partial charge in [0.25, 0.3) is 0 Å². The number of halogens is 1. The van der Waals surface area contributed by atoms with E-state index in [1.54, 1.807) is 28.9 Å². The number of carboxylic acid groups (broad SMARTS) is 1. The lowest BCUT2D eigenvalue weighted by Gasteiger charge is -2.32. The predicted octanol–water partition coefficient (Wildman–Crippen LogP) is 3.99. The Bertz CT molecular complexity index is 1280. The fraction of sp³-hybridized carbons (Fsp3) is 0.516. The fourth-order valence-corrected chi connectivity index (χ4v) is 6.39. The maximum absolute atomic E-state index is 14.0. The van der Waals surface area contributed by atoms with E-state index in [4.69, 9.17) is 4.74 Å². The largest absolute Gasteiger partial charge is 0.493 e. The van der Waals surface area contributed by atoms with E-state index in [1.807, 2.05) is 30.0 Å². The molecule has 3 aliphatic rings. The Morgan fingerprint density at radius 2 is 2.00 bits per heavy atom. The number of anilines is 1. The van der Waals surface area contributed by atoms with Crippen LogP contribution in [0.25, 0.3) is 0 Å². The molecule has 1 unspecified atom stereocenters. The smallest absolute Gasteiger partial charge is 0.308 e. The molecule has 0 aliphatic carbocycles. The Kier molecular flexibility index (Phi) is 8.40. The zero-order chi connectivity index (χ0) is 28.4. The van der Waals surface area contributed by atoms with Crippen LogP contribution in [0.15, 0.2) is 36.4 Å². The summed E-state index contributed by atoms with van der Waals surface area (Å²) in [5.41, 5.74) is 3.08. The van der Waals surface area contributed by atoms with E-state index in [1.165, 1.54) is 6.07 Å². The summed E-state index contributed by atoms with van der Waals surface area (Å²) in [5.74, 6) is -1.67. The van der Waals surface area contributed by atoms with Gasteiger partial charge in [-0.3, -0.25) is 19.3 Å². The molecule has 1 N–H and O–H groups in total. The van der Waals surface area contributed by atoms with Crippen LogP contribution in [0.1, 0.15) is 55.2 Å². The molecule has 0 spiro atoms. The Morgan fingerprint density at radius 1 is 1.18 bits per heavy atom. The molecule has 2 saturated heterocycles. The van der Waals surface area contributed by atoms with Crippen molar-refractivity contribution in [1.82, 2.24) is 9.80 Å². The summed E-state index contributed by atoms with van der Waals surface area (Å²) in [5, 5.41) is 10.5. The van der Waals surface area contributed by atoms with Crippen LogP contribution in [0.2, 0.25) is 0 Å². The molecular formula is C31H38FN3O5. The van der Waals surface area contributed by atoms with Crippen molar-refractivity contribution in [2.45, 2.75) is 57.9 Å². The van der Waals surface area contributed by atoms with E-state index in [9.17, 15) is 23.9 Å². The van der Waals surface area contributed by atoms with Crippen LogP contribution in [0, 0.1) is 18.7 Å². The predicted molar refractivity (Wildman–Crippen MR) is 149 cm³/mol. The van der Waals surface area contributed by atoms with Crippen LogP contribution in [-0.4, -0.2) is 78.1 Å². The first kappa shape index (κ1) is 28.1. The van der Waals surface area contributed by atoms with E-state index in [0.717, 1.165) is 42.6 Å². The first-order chi connectivity index (χ1) is 19.3. The molecule has 2 amide bonds. The number of ether oxygens (including phenoxy) is 1. The van der Waals surface area contributed by atoms with Crippen LogP contribution in [0.3, 0.4) is 0 Å². The zero-order valence-electron chi connectivity index (χ0n) is 23.3. The highest BCUT2D eigenvalue weighted by molar-refractivity contribution is 5.95. The van der Waals surface area contributed by atoms with Crippen molar-refractivity contribution in [3.63, 3.8) is 0 Å². The molecular weight excluding hydrogens is 513 g/mol. The van der Waals surface area contributed by atoms with E-state index < -0.39 is 17.9 Å². The molecule has 3 aliphatic heterocycles. The highest BCUT2D eigenvalue weighted by atomic mass is 19.1. The third kappa shape index (κ3) is 5.70. The van der Waals surface area contributed by atoms with Crippen LogP contribution in [-0.2, 0) is 20.8 Å². The lowest BCUT2D eigenvalue weighted by atomic mass is 9.84.